The van der Waals surface area contributed by atoms with Gasteiger partial charge in [-0.15, -0.1) is 5.10 Å². The fourth-order valence-corrected chi connectivity index (χ4v) is 5.33. The van der Waals surface area contributed by atoms with E-state index in [1.54, 1.807) is 32.2 Å². The van der Waals surface area contributed by atoms with E-state index in [1.165, 1.54) is 28.7 Å². The number of H-pyrrole nitrogens is 1. The number of ether oxygens (including phenoxy) is 2. The molecule has 1 aliphatic heterocycles. The van der Waals surface area contributed by atoms with Crippen LogP contribution in [0.4, 0.5) is 24.8 Å². The number of allylic oxidation sites excluding steroid dienone is 1. The molecule has 1 aliphatic rings. The number of rotatable bonds is 9. The lowest BCUT2D eigenvalue weighted by Crippen LogP contribution is -2.41. The van der Waals surface area contributed by atoms with Gasteiger partial charge in [0, 0.05) is 30.5 Å². The quantitative estimate of drug-likeness (QED) is 0.227. The molecule has 42 heavy (non-hydrogen) atoms. The summed E-state index contributed by atoms with van der Waals surface area (Å²) in [6.07, 6.45) is -3.84. The van der Waals surface area contributed by atoms with Crippen LogP contribution in [-0.2, 0) is 27.0 Å². The second kappa shape index (κ2) is 11.8. The first-order chi connectivity index (χ1) is 19.8. The molecule has 0 saturated carbocycles. The molecule has 10 nitrogen and oxygen atoms in total. The zero-order chi connectivity index (χ0) is 30.8. The number of quaternary nitrogens is 1. The highest BCUT2D eigenvalue weighted by atomic mass is 19.4. The van der Waals surface area contributed by atoms with Crippen molar-refractivity contribution in [1.82, 2.24) is 14.8 Å². The van der Waals surface area contributed by atoms with Gasteiger partial charge in [-0.25, -0.2) is 19.3 Å². The van der Waals surface area contributed by atoms with Gasteiger partial charge in [0.15, 0.2) is 0 Å². The average molecular weight is 586 g/mol. The van der Waals surface area contributed by atoms with Gasteiger partial charge in [0.05, 0.1) is 57.1 Å². The Labute approximate surface area is 240 Å². The Bertz CT molecular complexity index is 1620. The van der Waals surface area contributed by atoms with Gasteiger partial charge in [-0.05, 0) is 42.8 Å². The Hall–Kier alpha value is -4.41. The fourth-order valence-electron chi connectivity index (χ4n) is 5.33. The maximum absolute atomic E-state index is 13.6. The molecule has 0 bridgehead atoms. The van der Waals surface area contributed by atoms with Crippen LogP contribution in [0.5, 0.6) is 0 Å². The van der Waals surface area contributed by atoms with Crippen LogP contribution >= 0.6 is 0 Å². The Morgan fingerprint density at radius 3 is 2.57 bits per heavy atom. The first kappa shape index (κ1) is 30.5. The van der Waals surface area contributed by atoms with Gasteiger partial charge in [-0.2, -0.15) is 18.4 Å². The molecule has 4 rings (SSSR count). The number of halogens is 3. The number of fused-ring (bicyclic) bond motifs is 1. The van der Waals surface area contributed by atoms with Crippen molar-refractivity contribution >= 4 is 17.6 Å². The lowest BCUT2D eigenvalue weighted by Gasteiger charge is -2.37. The highest BCUT2D eigenvalue weighted by Crippen LogP contribution is 2.43. The van der Waals surface area contributed by atoms with Crippen molar-refractivity contribution < 1.29 is 31.9 Å². The van der Waals surface area contributed by atoms with Gasteiger partial charge in [-0.1, -0.05) is 12.1 Å². The van der Waals surface area contributed by atoms with E-state index < -0.39 is 29.4 Å². The molecule has 13 heteroatoms. The predicted octanol–water partition coefficient (Wildman–Crippen LogP) is 4.26. The number of nitriles is 1. The highest BCUT2D eigenvalue weighted by Gasteiger charge is 2.41. The number of nitrogens with zero attached hydrogens (tertiary/aromatic N) is 5. The molecule has 1 atom stereocenters. The second-order valence-electron chi connectivity index (χ2n) is 10.7. The molecular weight excluding hydrogens is 553 g/mol. The van der Waals surface area contributed by atoms with Crippen LogP contribution in [0, 0.1) is 11.3 Å². The van der Waals surface area contributed by atoms with Gasteiger partial charge >= 0.3 is 17.8 Å². The number of benzene rings is 2. The maximum Gasteiger partial charge on any atom is 0.416 e. The lowest BCUT2D eigenvalue weighted by atomic mass is 9.89. The zero-order valence-corrected chi connectivity index (χ0v) is 24.0. The summed E-state index contributed by atoms with van der Waals surface area (Å²) in [4.78, 5) is 28.0. The van der Waals surface area contributed by atoms with Gasteiger partial charge in [-0.3, -0.25) is 4.90 Å². The predicted molar refractivity (Wildman–Crippen MR) is 148 cm³/mol. The molecule has 1 unspecified atom stereocenters. The van der Waals surface area contributed by atoms with E-state index in [1.807, 2.05) is 14.1 Å². The smallest absolute Gasteiger partial charge is 0.416 e. The van der Waals surface area contributed by atoms with E-state index in [4.69, 9.17) is 9.47 Å². The van der Waals surface area contributed by atoms with Crippen molar-refractivity contribution in [2.75, 3.05) is 46.4 Å². The number of esters is 1. The first-order valence-corrected chi connectivity index (χ1v) is 13.1. The minimum atomic E-state index is -4.62. The number of carbonyl (C=O) groups is 1. The van der Waals surface area contributed by atoms with Crippen LogP contribution in [0.3, 0.4) is 0 Å². The lowest BCUT2D eigenvalue weighted by molar-refractivity contribution is -0.903. The Morgan fingerprint density at radius 1 is 1.19 bits per heavy atom. The molecule has 0 amide bonds. The number of nitrogens with one attached hydrogen (secondary N) is 1. The van der Waals surface area contributed by atoms with Crippen molar-refractivity contribution in [2.24, 2.45) is 0 Å². The van der Waals surface area contributed by atoms with Crippen molar-refractivity contribution in [3.05, 3.63) is 86.5 Å². The summed E-state index contributed by atoms with van der Waals surface area (Å²) in [6.45, 7) is 3.32. The number of carbonyl (C=O) groups excluding carboxylic acids is 1. The summed E-state index contributed by atoms with van der Waals surface area (Å²) in [7, 11) is 6.86. The monoisotopic (exact) mass is 585 g/mol. The van der Waals surface area contributed by atoms with Crippen molar-refractivity contribution in [2.45, 2.75) is 32.1 Å². The number of alkyl halides is 3. The summed E-state index contributed by atoms with van der Waals surface area (Å²) in [5, 5.41) is 16.2. The molecule has 2 heterocycles. The third-order valence-corrected chi connectivity index (χ3v) is 7.26. The average Bonchev–Trinajstić information content (AvgIpc) is 3.32. The molecule has 222 valence electrons. The normalized spacial score (nSPS) is 15.4. The summed E-state index contributed by atoms with van der Waals surface area (Å²) < 4.78 is 52.9. The van der Waals surface area contributed by atoms with Crippen LogP contribution in [-0.4, -0.2) is 66.7 Å². The molecule has 0 fully saturated rings. The molecular formula is C29H32F3N6O4+. The van der Waals surface area contributed by atoms with Gasteiger partial charge < -0.3 is 14.0 Å². The Morgan fingerprint density at radius 2 is 1.93 bits per heavy atom. The summed E-state index contributed by atoms with van der Waals surface area (Å²) in [6, 6.07) is 10.6. The van der Waals surface area contributed by atoms with E-state index in [0.717, 1.165) is 25.1 Å². The van der Waals surface area contributed by atoms with Crippen molar-refractivity contribution in [3.63, 3.8) is 0 Å². The fraction of sp³-hybridized carbons (Fsp3) is 0.379. The molecule has 1 aromatic heterocycles. The highest BCUT2D eigenvalue weighted by molar-refractivity contribution is 5.93. The molecule has 3 aromatic rings. The van der Waals surface area contributed by atoms with Gasteiger partial charge in [0.25, 0.3) is 0 Å². The van der Waals surface area contributed by atoms with Crippen LogP contribution in [0.2, 0.25) is 0 Å². The maximum atomic E-state index is 13.6. The van der Waals surface area contributed by atoms with Crippen molar-refractivity contribution in [3.8, 4) is 6.07 Å². The largest absolute Gasteiger partial charge is 0.466 e. The standard InChI is InChI=1S/C29H31F3N6O4/c1-18-24(26(39)42-5)25(23-11-10-19(16-33)14-20(23)17-38(2,3)12-7-13-41-4)37-27(34-35-28(37)40)36(18)22-9-6-8-21(15-22)29(30,31)32/h6,8-11,14-15,25H,7,12-13,17H2,1-5H3/p+1. The number of aromatic nitrogens is 3. The van der Waals surface area contributed by atoms with Crippen LogP contribution in [0.15, 0.2) is 58.5 Å². The number of hydrogen-bond donors (Lipinski definition) is 1. The van der Waals surface area contributed by atoms with E-state index in [9.17, 15) is 28.0 Å². The Kier molecular flexibility index (Phi) is 8.60. The number of hydrogen-bond acceptors (Lipinski definition) is 7. The first-order valence-electron chi connectivity index (χ1n) is 13.1. The Balaban J connectivity index is 1.96. The third kappa shape index (κ3) is 5.95. The molecule has 0 spiro atoms. The van der Waals surface area contributed by atoms with Crippen LogP contribution < -0.4 is 10.6 Å². The molecule has 0 saturated heterocycles. The zero-order valence-electron chi connectivity index (χ0n) is 24.0. The van der Waals surface area contributed by atoms with Gasteiger partial charge in [0.2, 0.25) is 5.95 Å². The van der Waals surface area contributed by atoms with E-state index >= 15 is 0 Å². The van der Waals surface area contributed by atoms with E-state index in [-0.39, 0.29) is 22.9 Å². The summed E-state index contributed by atoms with van der Waals surface area (Å²) >= 11 is 0. The molecule has 0 aliphatic carbocycles. The number of methoxy groups -OCH3 is 2. The summed E-state index contributed by atoms with van der Waals surface area (Å²) in [5.41, 5.74) is 0.420. The second-order valence-corrected chi connectivity index (χ2v) is 10.7. The summed E-state index contributed by atoms with van der Waals surface area (Å²) in [5.74, 6) is -0.768. The minimum absolute atomic E-state index is 0.00127. The topological polar surface area (TPSA) is 113 Å². The molecule has 1 N–H and O–H groups in total. The van der Waals surface area contributed by atoms with Crippen molar-refractivity contribution in [1.29, 1.82) is 5.26 Å². The van der Waals surface area contributed by atoms with E-state index in [0.29, 0.717) is 34.3 Å². The SMILES string of the molecule is COCCC[N+](C)(C)Cc1cc(C#N)ccc1C1C(C(=O)OC)=C(C)N(c2cccc(C(F)(F)F)c2)c2n[nH]c(=O)n21. The number of aromatic amines is 1. The third-order valence-electron chi connectivity index (χ3n) is 7.26. The van der Waals surface area contributed by atoms with Crippen LogP contribution in [0.25, 0.3) is 0 Å². The molecule has 2 aromatic carbocycles. The van der Waals surface area contributed by atoms with E-state index in [2.05, 4.69) is 16.3 Å². The molecule has 0 radical (unpaired) electrons. The van der Waals surface area contributed by atoms with Crippen LogP contribution in [0.1, 0.15) is 41.6 Å². The number of anilines is 2. The van der Waals surface area contributed by atoms with Gasteiger partial charge in [0.1, 0.15) is 12.6 Å². The minimum Gasteiger partial charge on any atom is -0.466 e.